The van der Waals surface area contributed by atoms with Crippen molar-refractivity contribution in [1.82, 2.24) is 4.90 Å². The average Bonchev–Trinajstić information content (AvgIpc) is 2.27. The fourth-order valence-electron chi connectivity index (χ4n) is 1.41. The first-order chi connectivity index (χ1) is 8.39. The molecule has 0 aromatic rings. The SMILES string of the molecule is CCCN(CCCOCC(F)(F)F)CC(=O)OC. The van der Waals surface area contributed by atoms with E-state index in [9.17, 15) is 18.0 Å². The van der Waals surface area contributed by atoms with Crippen LogP contribution in [0.3, 0.4) is 0 Å². The largest absolute Gasteiger partial charge is 0.468 e. The van der Waals surface area contributed by atoms with Gasteiger partial charge in [-0.2, -0.15) is 13.2 Å². The van der Waals surface area contributed by atoms with E-state index in [2.05, 4.69) is 9.47 Å². The van der Waals surface area contributed by atoms with Crippen LogP contribution in [0.5, 0.6) is 0 Å². The van der Waals surface area contributed by atoms with Crippen molar-refractivity contribution >= 4 is 5.97 Å². The van der Waals surface area contributed by atoms with Gasteiger partial charge in [-0.15, -0.1) is 0 Å². The molecule has 7 heteroatoms. The summed E-state index contributed by atoms with van der Waals surface area (Å²) in [5.41, 5.74) is 0. The first-order valence-corrected chi connectivity index (χ1v) is 5.82. The van der Waals surface area contributed by atoms with Crippen LogP contribution in [0.1, 0.15) is 19.8 Å². The Bertz CT molecular complexity index is 234. The van der Waals surface area contributed by atoms with E-state index in [-0.39, 0.29) is 19.1 Å². The quantitative estimate of drug-likeness (QED) is 0.474. The third-order valence-electron chi connectivity index (χ3n) is 2.15. The molecule has 0 atom stereocenters. The van der Waals surface area contributed by atoms with E-state index in [1.54, 1.807) is 0 Å². The van der Waals surface area contributed by atoms with Crippen molar-refractivity contribution < 1.29 is 27.4 Å². The summed E-state index contributed by atoms with van der Waals surface area (Å²) >= 11 is 0. The molecule has 0 aliphatic carbocycles. The second-order valence-electron chi connectivity index (χ2n) is 3.87. The molecule has 108 valence electrons. The number of rotatable bonds is 9. The molecule has 18 heavy (non-hydrogen) atoms. The van der Waals surface area contributed by atoms with Gasteiger partial charge in [-0.25, -0.2) is 0 Å². The number of alkyl halides is 3. The number of methoxy groups -OCH3 is 1. The van der Waals surface area contributed by atoms with Crippen LogP contribution in [0, 0.1) is 0 Å². The molecular formula is C11H20F3NO3. The molecule has 4 nitrogen and oxygen atoms in total. The Morgan fingerprint density at radius 3 is 2.44 bits per heavy atom. The Morgan fingerprint density at radius 2 is 1.94 bits per heavy atom. The fraction of sp³-hybridized carbons (Fsp3) is 0.909. The minimum atomic E-state index is -4.28. The summed E-state index contributed by atoms with van der Waals surface area (Å²) in [5.74, 6) is -0.348. The maximum atomic E-state index is 11.8. The molecule has 0 aromatic carbocycles. The van der Waals surface area contributed by atoms with E-state index in [0.717, 1.165) is 6.42 Å². The lowest BCUT2D eigenvalue weighted by molar-refractivity contribution is -0.174. The van der Waals surface area contributed by atoms with Gasteiger partial charge in [0.25, 0.3) is 0 Å². The van der Waals surface area contributed by atoms with Crippen molar-refractivity contribution in [2.75, 3.05) is 40.0 Å². The van der Waals surface area contributed by atoms with Gasteiger partial charge in [0.1, 0.15) is 6.61 Å². The van der Waals surface area contributed by atoms with Gasteiger partial charge in [0.05, 0.1) is 13.7 Å². The minimum absolute atomic E-state index is 0.0287. The summed E-state index contributed by atoms with van der Waals surface area (Å²) in [6, 6.07) is 0. The Balaban J connectivity index is 3.73. The molecule has 0 radical (unpaired) electrons. The highest BCUT2D eigenvalue weighted by Gasteiger charge is 2.27. The van der Waals surface area contributed by atoms with Gasteiger partial charge >= 0.3 is 12.1 Å². The highest BCUT2D eigenvalue weighted by atomic mass is 19.4. The smallest absolute Gasteiger partial charge is 0.411 e. The van der Waals surface area contributed by atoms with Gasteiger partial charge in [0, 0.05) is 13.2 Å². The summed E-state index contributed by atoms with van der Waals surface area (Å²) < 4.78 is 44.4. The van der Waals surface area contributed by atoms with Gasteiger partial charge in [0.15, 0.2) is 0 Å². The van der Waals surface area contributed by atoms with Crippen molar-refractivity contribution in [2.45, 2.75) is 25.9 Å². The van der Waals surface area contributed by atoms with Crippen LogP contribution < -0.4 is 0 Å². The molecule has 0 bridgehead atoms. The van der Waals surface area contributed by atoms with Crippen LogP contribution in [0.2, 0.25) is 0 Å². The highest BCUT2D eigenvalue weighted by molar-refractivity contribution is 5.71. The van der Waals surface area contributed by atoms with Gasteiger partial charge in [0.2, 0.25) is 0 Å². The zero-order valence-corrected chi connectivity index (χ0v) is 10.8. The summed E-state index contributed by atoms with van der Waals surface area (Å²) in [4.78, 5) is 12.9. The summed E-state index contributed by atoms with van der Waals surface area (Å²) in [7, 11) is 1.30. The van der Waals surface area contributed by atoms with Crippen molar-refractivity contribution in [2.24, 2.45) is 0 Å². The second-order valence-corrected chi connectivity index (χ2v) is 3.87. The van der Waals surface area contributed by atoms with Crippen LogP contribution in [0.4, 0.5) is 13.2 Å². The molecule has 0 fully saturated rings. The number of esters is 1. The lowest BCUT2D eigenvalue weighted by Crippen LogP contribution is -2.32. The summed E-state index contributed by atoms with van der Waals surface area (Å²) in [6.45, 7) is 2.14. The number of hydrogen-bond acceptors (Lipinski definition) is 4. The van der Waals surface area contributed by atoms with Crippen LogP contribution in [0.25, 0.3) is 0 Å². The standard InChI is InChI=1S/C11H20F3NO3/c1-3-5-15(8-10(16)17-2)6-4-7-18-9-11(12,13)14/h3-9H2,1-2H3. The van der Waals surface area contributed by atoms with E-state index >= 15 is 0 Å². The predicted molar refractivity (Wildman–Crippen MR) is 60.2 cm³/mol. The topological polar surface area (TPSA) is 38.8 Å². The maximum Gasteiger partial charge on any atom is 0.411 e. The number of halogens is 3. The molecule has 0 spiro atoms. The third kappa shape index (κ3) is 10.3. The number of carbonyl (C=O) groups is 1. The zero-order chi connectivity index (χ0) is 14.0. The molecule has 0 amide bonds. The second kappa shape index (κ2) is 9.16. The van der Waals surface area contributed by atoms with Crippen LogP contribution in [-0.2, 0) is 14.3 Å². The molecule has 0 saturated heterocycles. The number of ether oxygens (including phenoxy) is 2. The zero-order valence-electron chi connectivity index (χ0n) is 10.8. The summed E-state index contributed by atoms with van der Waals surface area (Å²) in [5, 5.41) is 0. The third-order valence-corrected chi connectivity index (χ3v) is 2.15. The van der Waals surface area contributed by atoms with E-state index in [1.165, 1.54) is 7.11 Å². The lowest BCUT2D eigenvalue weighted by Gasteiger charge is -2.20. The van der Waals surface area contributed by atoms with Crippen LogP contribution in [0.15, 0.2) is 0 Å². The van der Waals surface area contributed by atoms with E-state index < -0.39 is 12.8 Å². The molecule has 0 aliphatic rings. The fourth-order valence-corrected chi connectivity index (χ4v) is 1.41. The van der Waals surface area contributed by atoms with Gasteiger partial charge in [-0.3, -0.25) is 9.69 Å². The molecule has 0 unspecified atom stereocenters. The van der Waals surface area contributed by atoms with Crippen molar-refractivity contribution in [3.63, 3.8) is 0 Å². The lowest BCUT2D eigenvalue weighted by atomic mass is 10.3. The average molecular weight is 271 g/mol. The molecule has 0 rings (SSSR count). The first-order valence-electron chi connectivity index (χ1n) is 5.82. The highest BCUT2D eigenvalue weighted by Crippen LogP contribution is 2.14. The van der Waals surface area contributed by atoms with Gasteiger partial charge in [-0.05, 0) is 19.4 Å². The van der Waals surface area contributed by atoms with Crippen LogP contribution in [-0.4, -0.2) is 57.0 Å². The number of hydrogen-bond donors (Lipinski definition) is 0. The normalized spacial score (nSPS) is 11.9. The Morgan fingerprint density at radius 1 is 1.28 bits per heavy atom. The van der Waals surface area contributed by atoms with Gasteiger partial charge in [-0.1, -0.05) is 6.92 Å². The van der Waals surface area contributed by atoms with E-state index in [0.29, 0.717) is 19.5 Å². The maximum absolute atomic E-state index is 11.8. The van der Waals surface area contributed by atoms with Crippen LogP contribution >= 0.6 is 0 Å². The molecular weight excluding hydrogens is 251 g/mol. The van der Waals surface area contributed by atoms with E-state index in [1.807, 2.05) is 11.8 Å². The molecule has 0 aromatic heterocycles. The van der Waals surface area contributed by atoms with Crippen molar-refractivity contribution in [3.05, 3.63) is 0 Å². The first kappa shape index (κ1) is 17.2. The number of nitrogens with zero attached hydrogens (tertiary/aromatic N) is 1. The predicted octanol–water partition coefficient (Wildman–Crippen LogP) is 1.84. The van der Waals surface area contributed by atoms with Crippen molar-refractivity contribution in [3.8, 4) is 0 Å². The van der Waals surface area contributed by atoms with E-state index in [4.69, 9.17) is 0 Å². The Hall–Kier alpha value is -0.820. The Kier molecular flexibility index (Phi) is 8.74. The molecule has 0 aliphatic heterocycles. The summed E-state index contributed by atoms with van der Waals surface area (Å²) in [6.07, 6.45) is -2.97. The Labute approximate surface area is 105 Å². The molecule has 0 heterocycles. The minimum Gasteiger partial charge on any atom is -0.468 e. The van der Waals surface area contributed by atoms with Crippen molar-refractivity contribution in [1.29, 1.82) is 0 Å². The van der Waals surface area contributed by atoms with Gasteiger partial charge < -0.3 is 9.47 Å². The molecule has 0 saturated carbocycles. The number of carbonyl (C=O) groups excluding carboxylic acids is 1. The molecule has 0 N–H and O–H groups in total. The monoisotopic (exact) mass is 271 g/mol.